The van der Waals surface area contributed by atoms with Crippen LogP contribution in [0.3, 0.4) is 0 Å². The Labute approximate surface area is 132 Å². The minimum atomic E-state index is -7.18. The van der Waals surface area contributed by atoms with E-state index in [1.54, 1.807) is 0 Å². The van der Waals surface area contributed by atoms with Crippen LogP contribution in [0.2, 0.25) is 0 Å². The maximum Gasteiger partial charge on any atom is 0.499 e. The van der Waals surface area contributed by atoms with E-state index in [9.17, 15) is 51.6 Å². The molecule has 0 unspecified atom stereocenters. The molecule has 23 heavy (non-hydrogen) atoms. The molecule has 6 nitrogen and oxygen atoms in total. The van der Waals surface area contributed by atoms with E-state index in [4.69, 9.17) is 0 Å². The predicted molar refractivity (Wildman–Crippen MR) is 70.5 cm³/mol. The molecule has 0 saturated heterocycles. The van der Waals surface area contributed by atoms with Gasteiger partial charge in [0, 0.05) is 0 Å². The molecule has 0 aliphatic heterocycles. The first-order chi connectivity index (χ1) is 9.93. The topological polar surface area (TPSA) is 102 Å². The Morgan fingerprint density at radius 2 is 1.17 bits per heavy atom. The standard InChI is InChI=1S/C7H10F6O6S4/c1-20-3-2-4-21(14,15)5(22(16,17)6(8,9)10)23(18,19)7(11,12)13/h5H,2-4H2,1H3. The SMILES string of the molecule is CSCCCS(=O)(=O)C(S(=O)(=O)C(F)(F)F)S(=O)(=O)C(F)(F)F. The van der Waals surface area contributed by atoms with Gasteiger partial charge in [0.2, 0.25) is 0 Å². The summed E-state index contributed by atoms with van der Waals surface area (Å²) in [4.78, 5) is 0. The van der Waals surface area contributed by atoms with Gasteiger partial charge in [-0.15, -0.1) is 0 Å². The fourth-order valence-corrected chi connectivity index (χ4v) is 9.37. The Balaban J connectivity index is 6.41. The Morgan fingerprint density at radius 1 is 0.826 bits per heavy atom. The van der Waals surface area contributed by atoms with E-state index >= 15 is 0 Å². The summed E-state index contributed by atoms with van der Waals surface area (Å²) >= 11 is 0.972. The first-order valence-corrected chi connectivity index (χ1v) is 11.4. The van der Waals surface area contributed by atoms with Crippen LogP contribution < -0.4 is 0 Å². The van der Waals surface area contributed by atoms with Crippen molar-refractivity contribution in [2.75, 3.05) is 17.8 Å². The lowest BCUT2D eigenvalue weighted by Gasteiger charge is -2.21. The summed E-state index contributed by atoms with van der Waals surface area (Å²) in [5.74, 6) is -1.52. The second-order valence-electron chi connectivity index (χ2n) is 3.98. The molecule has 0 heterocycles. The van der Waals surface area contributed by atoms with Crippen molar-refractivity contribution in [2.24, 2.45) is 0 Å². The van der Waals surface area contributed by atoms with Gasteiger partial charge in [0.05, 0.1) is 5.75 Å². The van der Waals surface area contributed by atoms with Gasteiger partial charge in [-0.2, -0.15) is 38.1 Å². The highest BCUT2D eigenvalue weighted by Crippen LogP contribution is 2.39. The molecule has 16 heteroatoms. The van der Waals surface area contributed by atoms with E-state index in [-0.39, 0.29) is 5.75 Å². The zero-order valence-electron chi connectivity index (χ0n) is 11.0. The normalized spacial score (nSPS) is 15.1. The van der Waals surface area contributed by atoms with E-state index in [0.29, 0.717) is 0 Å². The number of hydrogen-bond acceptors (Lipinski definition) is 7. The number of hydrogen-bond donors (Lipinski definition) is 0. The average Bonchev–Trinajstić information content (AvgIpc) is 2.24. The van der Waals surface area contributed by atoms with Gasteiger partial charge in [0.25, 0.3) is 23.6 Å². The highest BCUT2D eigenvalue weighted by molar-refractivity contribution is 8.24. The minimum absolute atomic E-state index is 0.0515. The summed E-state index contributed by atoms with van der Waals surface area (Å²) in [6.07, 6.45) is 0.907. The smallest absolute Gasteiger partial charge is 0.226 e. The molecule has 0 fully saturated rings. The van der Waals surface area contributed by atoms with Crippen LogP contribution in [0, 0.1) is 0 Å². The molecule has 0 amide bonds. The number of sulfone groups is 3. The van der Waals surface area contributed by atoms with Crippen molar-refractivity contribution >= 4 is 41.3 Å². The zero-order chi connectivity index (χ0) is 18.9. The summed E-state index contributed by atoms with van der Waals surface area (Å²) in [6, 6.07) is 0. The highest BCUT2D eigenvalue weighted by atomic mass is 32.3. The maximum atomic E-state index is 12.4. The second-order valence-corrected chi connectivity index (χ2v) is 12.1. The van der Waals surface area contributed by atoms with E-state index in [0.717, 1.165) is 11.8 Å². The highest BCUT2D eigenvalue weighted by Gasteiger charge is 2.67. The number of halogens is 6. The molecule has 0 N–H and O–H groups in total. The Kier molecular flexibility index (Phi) is 6.89. The lowest BCUT2D eigenvalue weighted by atomic mass is 10.6. The summed E-state index contributed by atoms with van der Waals surface area (Å²) in [7, 11) is -20.2. The van der Waals surface area contributed by atoms with Crippen LogP contribution in [0.25, 0.3) is 0 Å². The van der Waals surface area contributed by atoms with Crippen molar-refractivity contribution in [3.63, 3.8) is 0 Å². The van der Waals surface area contributed by atoms with Crippen molar-refractivity contribution in [1.29, 1.82) is 0 Å². The fourth-order valence-electron chi connectivity index (χ4n) is 1.27. The van der Waals surface area contributed by atoms with Crippen LogP contribution in [-0.4, -0.2) is 57.9 Å². The van der Waals surface area contributed by atoms with Crippen LogP contribution in [0.4, 0.5) is 26.3 Å². The van der Waals surface area contributed by atoms with E-state index in [1.165, 1.54) is 6.26 Å². The molecular formula is C7H10F6O6S4. The molecule has 0 aromatic carbocycles. The van der Waals surface area contributed by atoms with Crippen molar-refractivity contribution in [1.82, 2.24) is 0 Å². The molecule has 0 rings (SSSR count). The fraction of sp³-hybridized carbons (Fsp3) is 1.00. The van der Waals surface area contributed by atoms with Crippen LogP contribution >= 0.6 is 11.8 Å². The van der Waals surface area contributed by atoms with Gasteiger partial charge in [-0.1, -0.05) is 0 Å². The minimum Gasteiger partial charge on any atom is -0.226 e. The molecule has 0 aromatic heterocycles. The lowest BCUT2D eigenvalue weighted by molar-refractivity contribution is -0.0462. The Hall–Kier alpha value is -0.220. The first-order valence-electron chi connectivity index (χ1n) is 5.23. The Bertz CT molecular complexity index is 672. The van der Waals surface area contributed by atoms with Gasteiger partial charge in [0.1, 0.15) is 0 Å². The quantitative estimate of drug-likeness (QED) is 0.441. The van der Waals surface area contributed by atoms with Crippen LogP contribution in [0.5, 0.6) is 0 Å². The zero-order valence-corrected chi connectivity index (χ0v) is 14.3. The average molecular weight is 432 g/mol. The number of thioether (sulfide) groups is 1. The monoisotopic (exact) mass is 432 g/mol. The molecule has 0 radical (unpaired) electrons. The number of rotatable bonds is 7. The van der Waals surface area contributed by atoms with Gasteiger partial charge < -0.3 is 0 Å². The van der Waals surface area contributed by atoms with Gasteiger partial charge in [0.15, 0.2) is 9.84 Å². The number of alkyl halides is 6. The molecule has 0 aromatic rings. The van der Waals surface area contributed by atoms with E-state index < -0.39 is 56.6 Å². The summed E-state index contributed by atoms with van der Waals surface area (Å²) in [6.45, 7) is 0. The van der Waals surface area contributed by atoms with Gasteiger partial charge >= 0.3 is 11.0 Å². The van der Waals surface area contributed by atoms with Crippen molar-refractivity contribution in [3.05, 3.63) is 0 Å². The van der Waals surface area contributed by atoms with Gasteiger partial charge in [-0.3, -0.25) is 0 Å². The van der Waals surface area contributed by atoms with Crippen molar-refractivity contribution in [3.8, 4) is 0 Å². The first kappa shape index (κ1) is 22.8. The Morgan fingerprint density at radius 3 is 1.43 bits per heavy atom. The molecule has 0 aliphatic carbocycles. The van der Waals surface area contributed by atoms with Crippen molar-refractivity contribution in [2.45, 2.75) is 21.4 Å². The lowest BCUT2D eigenvalue weighted by Crippen LogP contribution is -2.49. The molecule has 0 aliphatic rings. The van der Waals surface area contributed by atoms with Gasteiger partial charge in [-0.25, -0.2) is 25.3 Å². The third kappa shape index (κ3) is 4.88. The summed E-state index contributed by atoms with van der Waals surface area (Å²) in [5.41, 5.74) is -13.0. The largest absolute Gasteiger partial charge is 0.499 e. The third-order valence-electron chi connectivity index (χ3n) is 2.22. The third-order valence-corrected chi connectivity index (χ3v) is 11.5. The van der Waals surface area contributed by atoms with Gasteiger partial charge in [-0.05, 0) is 18.4 Å². The maximum absolute atomic E-state index is 12.4. The molecule has 0 spiro atoms. The predicted octanol–water partition coefficient (Wildman–Crippen LogP) is 1.31. The van der Waals surface area contributed by atoms with Crippen LogP contribution in [0.1, 0.15) is 6.42 Å². The molecule has 140 valence electrons. The molecule has 0 saturated carbocycles. The van der Waals surface area contributed by atoms with Crippen LogP contribution in [-0.2, 0) is 29.5 Å². The van der Waals surface area contributed by atoms with Crippen LogP contribution in [0.15, 0.2) is 0 Å². The second kappa shape index (κ2) is 6.95. The van der Waals surface area contributed by atoms with Crippen molar-refractivity contribution < 1.29 is 51.6 Å². The van der Waals surface area contributed by atoms with E-state index in [1.807, 2.05) is 0 Å². The summed E-state index contributed by atoms with van der Waals surface area (Å²) in [5, 5.41) is 0. The molecule has 0 atom stereocenters. The molecule has 0 bridgehead atoms. The molecular weight excluding hydrogens is 422 g/mol. The van der Waals surface area contributed by atoms with E-state index in [2.05, 4.69) is 0 Å². The summed E-state index contributed by atoms with van der Waals surface area (Å²) < 4.78 is 138.